The van der Waals surface area contributed by atoms with E-state index in [4.69, 9.17) is 0 Å². The standard InChI is InChI=1S/C21H32F3N5O5S/c1-12-6-8-29(19(32)16(20(2,3)4)28-35(33,34)21(22,23)24)15(9-12)18(31)27-14(11-25)10-13-5-7-26-17(13)30/h12-16,28H,5-10H2,1-4H3,(H,26,30)(H,27,31)/t12?,13-,14-,15?,16+/m0/s1. The molecule has 2 fully saturated rings. The third kappa shape index (κ3) is 7.07. The minimum Gasteiger partial charge on any atom is -0.356 e. The third-order valence-electron chi connectivity index (χ3n) is 6.30. The Balaban J connectivity index is 2.26. The maximum absolute atomic E-state index is 13.4. The molecular weight excluding hydrogens is 491 g/mol. The van der Waals surface area contributed by atoms with Crippen molar-refractivity contribution in [2.24, 2.45) is 17.3 Å². The highest BCUT2D eigenvalue weighted by atomic mass is 32.2. The van der Waals surface area contributed by atoms with Crippen LogP contribution in [0.2, 0.25) is 0 Å². The number of alkyl halides is 3. The molecule has 2 saturated heterocycles. The van der Waals surface area contributed by atoms with Crippen LogP contribution in [0.4, 0.5) is 13.2 Å². The van der Waals surface area contributed by atoms with Crippen molar-refractivity contribution in [2.75, 3.05) is 13.1 Å². The van der Waals surface area contributed by atoms with Gasteiger partial charge >= 0.3 is 15.5 Å². The molecule has 0 bridgehead atoms. The first-order valence-corrected chi connectivity index (χ1v) is 12.8. The van der Waals surface area contributed by atoms with Gasteiger partial charge in [0.1, 0.15) is 18.1 Å². The molecule has 10 nitrogen and oxygen atoms in total. The fraction of sp³-hybridized carbons (Fsp3) is 0.810. The fourth-order valence-electron chi connectivity index (χ4n) is 4.21. The molecule has 0 aromatic heterocycles. The van der Waals surface area contributed by atoms with Crippen LogP contribution in [-0.4, -0.2) is 67.8 Å². The van der Waals surface area contributed by atoms with Crippen molar-refractivity contribution < 1.29 is 36.0 Å². The van der Waals surface area contributed by atoms with E-state index in [-0.39, 0.29) is 31.2 Å². The largest absolute Gasteiger partial charge is 0.511 e. The quantitative estimate of drug-likeness (QED) is 0.453. The molecule has 14 heteroatoms. The molecule has 0 spiro atoms. The van der Waals surface area contributed by atoms with Crippen LogP contribution in [-0.2, 0) is 24.4 Å². The number of nitrogens with one attached hydrogen (secondary N) is 3. The average molecular weight is 524 g/mol. The fourth-order valence-corrected chi connectivity index (χ4v) is 5.10. The summed E-state index contributed by atoms with van der Waals surface area (Å²) < 4.78 is 64.1. The molecule has 2 heterocycles. The second-order valence-corrected chi connectivity index (χ2v) is 12.0. The number of sulfonamides is 1. The Morgan fingerprint density at radius 2 is 1.89 bits per heavy atom. The van der Waals surface area contributed by atoms with Gasteiger partial charge in [0.05, 0.1) is 6.07 Å². The maximum atomic E-state index is 13.4. The summed E-state index contributed by atoms with van der Waals surface area (Å²) in [5, 5.41) is 14.7. The molecule has 2 aliphatic heterocycles. The molecule has 0 aliphatic carbocycles. The topological polar surface area (TPSA) is 148 Å². The van der Waals surface area contributed by atoms with Crippen molar-refractivity contribution >= 4 is 27.7 Å². The summed E-state index contributed by atoms with van der Waals surface area (Å²) >= 11 is 0. The molecule has 0 aromatic carbocycles. The highest BCUT2D eigenvalue weighted by Gasteiger charge is 2.51. The molecule has 3 amide bonds. The number of amides is 3. The van der Waals surface area contributed by atoms with Crippen molar-refractivity contribution in [2.45, 2.75) is 77.0 Å². The van der Waals surface area contributed by atoms with Crippen LogP contribution in [0.25, 0.3) is 0 Å². The minimum absolute atomic E-state index is 0.00380. The molecule has 3 N–H and O–H groups in total. The zero-order valence-corrected chi connectivity index (χ0v) is 20.9. The van der Waals surface area contributed by atoms with Gasteiger partial charge in [-0.1, -0.05) is 27.7 Å². The van der Waals surface area contributed by atoms with Crippen LogP contribution >= 0.6 is 0 Å². The summed E-state index contributed by atoms with van der Waals surface area (Å²) in [6.07, 6.45) is 1.25. The van der Waals surface area contributed by atoms with Gasteiger partial charge in [-0.15, -0.1) is 0 Å². The predicted octanol–water partition coefficient (Wildman–Crippen LogP) is 1.00. The van der Waals surface area contributed by atoms with Crippen LogP contribution in [0.3, 0.4) is 0 Å². The number of nitriles is 1. The molecule has 2 aliphatic rings. The highest BCUT2D eigenvalue weighted by molar-refractivity contribution is 7.90. The lowest BCUT2D eigenvalue weighted by Crippen LogP contribution is -2.62. The van der Waals surface area contributed by atoms with E-state index in [1.807, 2.05) is 13.0 Å². The molecule has 0 saturated carbocycles. The van der Waals surface area contributed by atoms with Gasteiger partial charge < -0.3 is 15.5 Å². The van der Waals surface area contributed by atoms with Gasteiger partial charge in [-0.25, -0.2) is 8.42 Å². The summed E-state index contributed by atoms with van der Waals surface area (Å²) in [7, 11) is -5.83. The average Bonchev–Trinajstić information content (AvgIpc) is 3.13. The highest BCUT2D eigenvalue weighted by Crippen LogP contribution is 2.30. The van der Waals surface area contributed by atoms with Gasteiger partial charge in [0.15, 0.2) is 0 Å². The van der Waals surface area contributed by atoms with Crippen LogP contribution in [0.15, 0.2) is 0 Å². The van der Waals surface area contributed by atoms with E-state index in [1.165, 1.54) is 25.5 Å². The number of nitrogens with zero attached hydrogens (tertiary/aromatic N) is 2. The van der Waals surface area contributed by atoms with Crippen molar-refractivity contribution in [1.82, 2.24) is 20.3 Å². The molecular formula is C21H32F3N5O5S. The van der Waals surface area contributed by atoms with E-state index < -0.39 is 56.8 Å². The number of halogens is 3. The Kier molecular flexibility index (Phi) is 8.81. The zero-order chi connectivity index (χ0) is 26.8. The zero-order valence-electron chi connectivity index (χ0n) is 20.1. The molecule has 5 atom stereocenters. The molecule has 0 radical (unpaired) electrons. The molecule has 35 heavy (non-hydrogen) atoms. The van der Waals surface area contributed by atoms with Gasteiger partial charge in [0, 0.05) is 19.0 Å². The Bertz CT molecular complexity index is 973. The lowest BCUT2D eigenvalue weighted by Gasteiger charge is -2.42. The number of carbonyl (C=O) groups excluding carboxylic acids is 3. The lowest BCUT2D eigenvalue weighted by atomic mass is 9.84. The maximum Gasteiger partial charge on any atom is 0.511 e. The van der Waals surface area contributed by atoms with Crippen molar-refractivity contribution in [1.29, 1.82) is 5.26 Å². The predicted molar refractivity (Wildman–Crippen MR) is 119 cm³/mol. The van der Waals surface area contributed by atoms with E-state index in [0.29, 0.717) is 19.4 Å². The van der Waals surface area contributed by atoms with Crippen molar-refractivity contribution in [3.63, 3.8) is 0 Å². The number of hydrogen-bond donors (Lipinski definition) is 3. The number of likely N-dealkylation sites (tertiary alicyclic amines) is 1. The van der Waals surface area contributed by atoms with E-state index >= 15 is 0 Å². The second-order valence-electron chi connectivity index (χ2n) is 10.2. The molecule has 2 rings (SSSR count). The Morgan fingerprint density at radius 3 is 2.37 bits per heavy atom. The first-order valence-electron chi connectivity index (χ1n) is 11.3. The van der Waals surface area contributed by atoms with E-state index in [0.717, 1.165) is 4.90 Å². The Morgan fingerprint density at radius 1 is 1.26 bits per heavy atom. The van der Waals surface area contributed by atoms with Crippen LogP contribution in [0.1, 0.15) is 53.4 Å². The van der Waals surface area contributed by atoms with Gasteiger partial charge in [-0.3, -0.25) is 14.4 Å². The van der Waals surface area contributed by atoms with Gasteiger partial charge in [0.2, 0.25) is 17.7 Å². The van der Waals surface area contributed by atoms with Crippen LogP contribution < -0.4 is 15.4 Å². The summed E-state index contributed by atoms with van der Waals surface area (Å²) in [6, 6.07) is -1.97. The second kappa shape index (κ2) is 10.7. The monoisotopic (exact) mass is 523 g/mol. The van der Waals surface area contributed by atoms with Crippen molar-refractivity contribution in [3.05, 3.63) is 0 Å². The number of carbonyl (C=O) groups is 3. The molecule has 2 unspecified atom stereocenters. The third-order valence-corrected chi connectivity index (χ3v) is 7.45. The summed E-state index contributed by atoms with van der Waals surface area (Å²) in [4.78, 5) is 39.4. The lowest BCUT2D eigenvalue weighted by molar-refractivity contribution is -0.146. The molecule has 0 aromatic rings. The van der Waals surface area contributed by atoms with Crippen LogP contribution in [0, 0.1) is 28.6 Å². The number of hydrogen-bond acceptors (Lipinski definition) is 6. The van der Waals surface area contributed by atoms with E-state index in [1.54, 1.807) is 0 Å². The molecule has 198 valence electrons. The van der Waals surface area contributed by atoms with Gasteiger partial charge in [-0.2, -0.15) is 23.2 Å². The van der Waals surface area contributed by atoms with E-state index in [9.17, 15) is 41.2 Å². The first kappa shape index (κ1) is 28.8. The van der Waals surface area contributed by atoms with Gasteiger partial charge in [-0.05, 0) is 37.0 Å². The first-order chi connectivity index (χ1) is 16.0. The number of rotatable bonds is 7. The van der Waals surface area contributed by atoms with E-state index in [2.05, 4.69) is 10.6 Å². The minimum atomic E-state index is -5.83. The van der Waals surface area contributed by atoms with Crippen molar-refractivity contribution in [3.8, 4) is 6.07 Å². The summed E-state index contributed by atoms with van der Waals surface area (Å²) in [6.45, 7) is 6.58. The van der Waals surface area contributed by atoms with Crippen LogP contribution in [0.5, 0.6) is 0 Å². The smallest absolute Gasteiger partial charge is 0.356 e. The normalized spacial score (nSPS) is 25.4. The Hall–Kier alpha value is -2.40. The number of piperidine rings is 1. The Labute approximate surface area is 203 Å². The summed E-state index contributed by atoms with van der Waals surface area (Å²) in [5.74, 6) is -2.30. The summed E-state index contributed by atoms with van der Waals surface area (Å²) in [5.41, 5.74) is -6.86. The van der Waals surface area contributed by atoms with Gasteiger partial charge in [0.25, 0.3) is 0 Å². The SMILES string of the molecule is CC1CCN(C(=O)[C@@H](NS(=O)(=O)C(F)(F)F)C(C)(C)C)C(C(=O)N[C@H](C#N)C[C@@H]2CCNC2=O)C1.